The highest BCUT2D eigenvalue weighted by atomic mass is 16.3. The van der Waals surface area contributed by atoms with Gasteiger partial charge in [0.25, 0.3) is 0 Å². The number of amides is 1. The van der Waals surface area contributed by atoms with E-state index in [2.05, 4.69) is 5.32 Å². The lowest BCUT2D eigenvalue weighted by molar-refractivity contribution is -0.131. The summed E-state index contributed by atoms with van der Waals surface area (Å²) in [4.78, 5) is 12.0. The Morgan fingerprint density at radius 2 is 1.83 bits per heavy atom. The molecule has 0 fully saturated rings. The second-order valence-corrected chi connectivity index (χ2v) is 4.90. The smallest absolute Gasteiger partial charge is 0.226 e. The SMILES string of the molecule is CCC(C)(CC)C(=O)NCC(O)c1ccccc1. The van der Waals surface area contributed by atoms with Crippen molar-refractivity contribution in [2.75, 3.05) is 6.54 Å². The zero-order valence-corrected chi connectivity index (χ0v) is 11.4. The number of hydrogen-bond donors (Lipinski definition) is 2. The summed E-state index contributed by atoms with van der Waals surface area (Å²) in [6.45, 7) is 6.24. The van der Waals surface area contributed by atoms with Gasteiger partial charge in [0.05, 0.1) is 6.10 Å². The van der Waals surface area contributed by atoms with Gasteiger partial charge in [-0.3, -0.25) is 4.79 Å². The maximum absolute atomic E-state index is 12.0. The van der Waals surface area contributed by atoms with Crippen LogP contribution in [0, 0.1) is 5.41 Å². The Hall–Kier alpha value is -1.35. The van der Waals surface area contributed by atoms with Gasteiger partial charge < -0.3 is 10.4 Å². The molecule has 0 aromatic heterocycles. The molecular formula is C15H23NO2. The van der Waals surface area contributed by atoms with Crippen molar-refractivity contribution in [1.29, 1.82) is 0 Å². The molecule has 3 heteroatoms. The molecule has 0 aliphatic heterocycles. The van der Waals surface area contributed by atoms with Crippen molar-refractivity contribution in [2.45, 2.75) is 39.7 Å². The summed E-state index contributed by atoms with van der Waals surface area (Å²) in [7, 11) is 0. The lowest BCUT2D eigenvalue weighted by atomic mass is 9.84. The van der Waals surface area contributed by atoms with E-state index >= 15 is 0 Å². The van der Waals surface area contributed by atoms with Crippen LogP contribution < -0.4 is 5.32 Å². The van der Waals surface area contributed by atoms with Crippen molar-refractivity contribution in [3.8, 4) is 0 Å². The van der Waals surface area contributed by atoms with Crippen molar-refractivity contribution in [3.63, 3.8) is 0 Å². The van der Waals surface area contributed by atoms with Crippen LogP contribution in [0.2, 0.25) is 0 Å². The van der Waals surface area contributed by atoms with E-state index in [1.54, 1.807) is 0 Å². The number of rotatable bonds is 6. The molecule has 0 spiro atoms. The zero-order valence-electron chi connectivity index (χ0n) is 11.4. The average Bonchev–Trinajstić information content (AvgIpc) is 2.44. The van der Waals surface area contributed by atoms with E-state index in [1.807, 2.05) is 51.1 Å². The molecule has 1 unspecified atom stereocenters. The van der Waals surface area contributed by atoms with Crippen LogP contribution in [0.1, 0.15) is 45.3 Å². The summed E-state index contributed by atoms with van der Waals surface area (Å²) < 4.78 is 0. The molecule has 0 saturated carbocycles. The highest BCUT2D eigenvalue weighted by Gasteiger charge is 2.29. The van der Waals surface area contributed by atoms with Gasteiger partial charge in [-0.2, -0.15) is 0 Å². The molecular weight excluding hydrogens is 226 g/mol. The van der Waals surface area contributed by atoms with Crippen LogP contribution in [0.15, 0.2) is 30.3 Å². The average molecular weight is 249 g/mol. The molecule has 1 rings (SSSR count). The van der Waals surface area contributed by atoms with Crippen LogP contribution in [0.5, 0.6) is 0 Å². The van der Waals surface area contributed by atoms with Crippen molar-refractivity contribution >= 4 is 5.91 Å². The summed E-state index contributed by atoms with van der Waals surface area (Å²) in [6.07, 6.45) is 0.959. The van der Waals surface area contributed by atoms with Gasteiger partial charge in [0.2, 0.25) is 5.91 Å². The number of carbonyl (C=O) groups excluding carboxylic acids is 1. The number of nitrogens with one attached hydrogen (secondary N) is 1. The number of aliphatic hydroxyl groups is 1. The molecule has 1 atom stereocenters. The molecule has 100 valence electrons. The van der Waals surface area contributed by atoms with E-state index in [4.69, 9.17) is 0 Å². The molecule has 0 heterocycles. The summed E-state index contributed by atoms with van der Waals surface area (Å²) >= 11 is 0. The van der Waals surface area contributed by atoms with Crippen LogP contribution in [-0.4, -0.2) is 17.6 Å². The van der Waals surface area contributed by atoms with Crippen LogP contribution >= 0.6 is 0 Å². The number of aliphatic hydroxyl groups excluding tert-OH is 1. The lowest BCUT2D eigenvalue weighted by Gasteiger charge is -2.26. The normalized spacial score (nSPS) is 13.1. The van der Waals surface area contributed by atoms with Gasteiger partial charge >= 0.3 is 0 Å². The minimum atomic E-state index is -0.645. The molecule has 0 aliphatic carbocycles. The third-order valence-electron chi connectivity index (χ3n) is 3.75. The maximum Gasteiger partial charge on any atom is 0.226 e. The van der Waals surface area contributed by atoms with Gasteiger partial charge in [-0.05, 0) is 18.4 Å². The molecule has 18 heavy (non-hydrogen) atoms. The second kappa shape index (κ2) is 6.55. The summed E-state index contributed by atoms with van der Waals surface area (Å²) in [5, 5.41) is 12.8. The first-order valence-electron chi connectivity index (χ1n) is 6.54. The number of hydrogen-bond acceptors (Lipinski definition) is 2. The molecule has 0 saturated heterocycles. The van der Waals surface area contributed by atoms with Crippen molar-refractivity contribution in [2.24, 2.45) is 5.41 Å². The van der Waals surface area contributed by atoms with Gasteiger partial charge in [-0.1, -0.05) is 51.1 Å². The third-order valence-corrected chi connectivity index (χ3v) is 3.75. The van der Waals surface area contributed by atoms with Crippen LogP contribution in [-0.2, 0) is 4.79 Å². The molecule has 0 bridgehead atoms. The van der Waals surface area contributed by atoms with Gasteiger partial charge in [0.1, 0.15) is 0 Å². The third kappa shape index (κ3) is 3.57. The fourth-order valence-corrected chi connectivity index (χ4v) is 1.77. The maximum atomic E-state index is 12.0. The van der Waals surface area contributed by atoms with E-state index in [-0.39, 0.29) is 17.9 Å². The van der Waals surface area contributed by atoms with Crippen molar-refractivity contribution < 1.29 is 9.90 Å². The molecule has 1 aromatic carbocycles. The molecule has 1 amide bonds. The summed E-state index contributed by atoms with van der Waals surface area (Å²) in [6, 6.07) is 9.37. The molecule has 0 aliphatic rings. The second-order valence-electron chi connectivity index (χ2n) is 4.90. The highest BCUT2D eigenvalue weighted by Crippen LogP contribution is 2.25. The molecule has 1 aromatic rings. The quantitative estimate of drug-likeness (QED) is 0.814. The monoisotopic (exact) mass is 249 g/mol. The van der Waals surface area contributed by atoms with E-state index < -0.39 is 6.10 Å². The van der Waals surface area contributed by atoms with E-state index in [1.165, 1.54) is 0 Å². The first kappa shape index (κ1) is 14.7. The number of benzene rings is 1. The largest absolute Gasteiger partial charge is 0.387 e. The first-order valence-corrected chi connectivity index (χ1v) is 6.54. The van der Waals surface area contributed by atoms with E-state index in [0.29, 0.717) is 0 Å². The summed E-state index contributed by atoms with van der Waals surface area (Å²) in [5.41, 5.74) is 0.489. The molecule has 3 nitrogen and oxygen atoms in total. The first-order chi connectivity index (χ1) is 8.53. The summed E-state index contributed by atoms with van der Waals surface area (Å²) in [5.74, 6) is 0.0162. The Morgan fingerprint density at radius 3 is 2.33 bits per heavy atom. The highest BCUT2D eigenvalue weighted by molar-refractivity contribution is 5.82. The van der Waals surface area contributed by atoms with Gasteiger partial charge in [0, 0.05) is 12.0 Å². The lowest BCUT2D eigenvalue weighted by Crippen LogP contribution is -2.40. The zero-order chi connectivity index (χ0) is 13.6. The van der Waals surface area contributed by atoms with Gasteiger partial charge in [-0.15, -0.1) is 0 Å². The predicted octanol–water partition coefficient (Wildman–Crippen LogP) is 2.66. The Labute approximate surface area is 109 Å². The van der Waals surface area contributed by atoms with Gasteiger partial charge in [0.15, 0.2) is 0 Å². The Kier molecular flexibility index (Phi) is 5.35. The minimum Gasteiger partial charge on any atom is -0.387 e. The van der Waals surface area contributed by atoms with Crippen LogP contribution in [0.25, 0.3) is 0 Å². The van der Waals surface area contributed by atoms with E-state index in [9.17, 15) is 9.90 Å². The predicted molar refractivity (Wildman–Crippen MR) is 73.1 cm³/mol. The molecule has 0 radical (unpaired) electrons. The van der Waals surface area contributed by atoms with Crippen molar-refractivity contribution in [1.82, 2.24) is 5.32 Å². The van der Waals surface area contributed by atoms with Crippen LogP contribution in [0.3, 0.4) is 0 Å². The van der Waals surface area contributed by atoms with Crippen LogP contribution in [0.4, 0.5) is 0 Å². The Bertz CT molecular complexity index is 371. The molecule has 2 N–H and O–H groups in total. The van der Waals surface area contributed by atoms with E-state index in [0.717, 1.165) is 18.4 Å². The Morgan fingerprint density at radius 1 is 1.28 bits per heavy atom. The van der Waals surface area contributed by atoms with Crippen molar-refractivity contribution in [3.05, 3.63) is 35.9 Å². The fraction of sp³-hybridized carbons (Fsp3) is 0.533. The minimum absolute atomic E-state index is 0.0162. The number of carbonyl (C=O) groups is 1. The fourth-order valence-electron chi connectivity index (χ4n) is 1.77. The topological polar surface area (TPSA) is 49.3 Å². The Balaban J connectivity index is 2.53. The van der Waals surface area contributed by atoms with Gasteiger partial charge in [-0.25, -0.2) is 0 Å². The standard InChI is InChI=1S/C15H23NO2/c1-4-15(3,5-2)14(18)16-11-13(17)12-9-7-6-8-10-12/h6-10,13,17H,4-5,11H2,1-3H3,(H,16,18).